The van der Waals surface area contributed by atoms with Crippen molar-refractivity contribution < 1.29 is 19.5 Å². The van der Waals surface area contributed by atoms with Crippen molar-refractivity contribution in [1.29, 1.82) is 0 Å². The zero-order valence-electron chi connectivity index (χ0n) is 12.4. The number of ether oxygens (including phenoxy) is 1. The first-order valence-corrected chi connectivity index (χ1v) is 6.73. The first-order chi connectivity index (χ1) is 9.94. The van der Waals surface area contributed by atoms with Crippen LogP contribution in [-0.2, 0) is 9.53 Å². The molecule has 3 amide bonds. The second kappa shape index (κ2) is 7.67. The Labute approximate surface area is 123 Å². The van der Waals surface area contributed by atoms with Gasteiger partial charge in [-0.3, -0.25) is 4.79 Å². The minimum atomic E-state index is -1.04. The Bertz CT molecular complexity index is 404. The van der Waals surface area contributed by atoms with Crippen molar-refractivity contribution in [2.24, 2.45) is 16.3 Å². The molecule has 1 heterocycles. The van der Waals surface area contributed by atoms with Crippen LogP contribution >= 0.6 is 0 Å². The summed E-state index contributed by atoms with van der Waals surface area (Å²) in [6.45, 7) is 1.31. The summed E-state index contributed by atoms with van der Waals surface area (Å²) in [5.74, 6) is -0.430. The molecule has 0 aliphatic carbocycles. The van der Waals surface area contributed by atoms with Crippen LogP contribution in [0.25, 0.3) is 0 Å². The quantitative estimate of drug-likeness (QED) is 0.169. The van der Waals surface area contributed by atoms with Gasteiger partial charge in [0.05, 0.1) is 0 Å². The third-order valence-electron chi connectivity index (χ3n) is 3.47. The van der Waals surface area contributed by atoms with Gasteiger partial charge in [0.25, 0.3) is 0 Å². The van der Waals surface area contributed by atoms with Crippen LogP contribution < -0.4 is 16.4 Å². The molecule has 9 nitrogen and oxygen atoms in total. The fourth-order valence-corrected chi connectivity index (χ4v) is 2.09. The Balaban J connectivity index is 2.53. The third-order valence-corrected chi connectivity index (χ3v) is 3.47. The lowest BCUT2D eigenvalue weighted by atomic mass is 9.78. The normalized spacial score (nSPS) is 17.9. The molecule has 1 fully saturated rings. The number of amidine groups is 1. The molecule has 0 aromatic carbocycles. The zero-order chi connectivity index (χ0) is 15.9. The van der Waals surface area contributed by atoms with E-state index >= 15 is 0 Å². The van der Waals surface area contributed by atoms with Crippen LogP contribution in [0.1, 0.15) is 12.8 Å². The first-order valence-electron chi connectivity index (χ1n) is 6.73. The number of hydrogen-bond donors (Lipinski definition) is 4. The Hall–Kier alpha value is -2.03. The smallest absolute Gasteiger partial charge is 0.316 e. The molecule has 0 aromatic heterocycles. The molecule has 120 valence electrons. The van der Waals surface area contributed by atoms with E-state index in [2.05, 4.69) is 15.8 Å². The predicted molar refractivity (Wildman–Crippen MR) is 76.0 cm³/mol. The topological polar surface area (TPSA) is 129 Å². The monoisotopic (exact) mass is 301 g/mol. The largest absolute Gasteiger partial charge is 0.409 e. The number of hydrogen-bond acceptors (Lipinski definition) is 5. The van der Waals surface area contributed by atoms with Crippen LogP contribution in [-0.4, -0.2) is 68.3 Å². The van der Waals surface area contributed by atoms with E-state index in [0.29, 0.717) is 32.6 Å². The highest BCUT2D eigenvalue weighted by atomic mass is 16.5. The van der Waals surface area contributed by atoms with Crippen molar-refractivity contribution >= 4 is 17.8 Å². The molecule has 1 saturated heterocycles. The van der Waals surface area contributed by atoms with Crippen molar-refractivity contribution in [1.82, 2.24) is 15.5 Å². The van der Waals surface area contributed by atoms with Gasteiger partial charge < -0.3 is 31.2 Å². The maximum Gasteiger partial charge on any atom is 0.316 e. The first kappa shape index (κ1) is 17.0. The summed E-state index contributed by atoms with van der Waals surface area (Å²) in [7, 11) is 3.26. The molecule has 0 spiro atoms. The number of carbonyl (C=O) groups excluding carboxylic acids is 2. The van der Waals surface area contributed by atoms with Crippen LogP contribution in [0.5, 0.6) is 0 Å². The van der Waals surface area contributed by atoms with E-state index in [1.807, 2.05) is 0 Å². The summed E-state index contributed by atoms with van der Waals surface area (Å²) in [6.07, 6.45) is 0.720. The van der Waals surface area contributed by atoms with Gasteiger partial charge >= 0.3 is 6.03 Å². The maximum absolute atomic E-state index is 12.3. The van der Waals surface area contributed by atoms with Gasteiger partial charge in [0.1, 0.15) is 5.41 Å². The number of rotatable bonds is 5. The highest BCUT2D eigenvalue weighted by Gasteiger charge is 2.44. The van der Waals surface area contributed by atoms with Crippen molar-refractivity contribution in [2.75, 3.05) is 40.4 Å². The van der Waals surface area contributed by atoms with Gasteiger partial charge in [-0.1, -0.05) is 5.16 Å². The van der Waals surface area contributed by atoms with E-state index in [1.54, 1.807) is 14.1 Å². The summed E-state index contributed by atoms with van der Waals surface area (Å²) in [4.78, 5) is 25.1. The summed E-state index contributed by atoms with van der Waals surface area (Å²) in [6, 6.07) is -0.235. The van der Waals surface area contributed by atoms with E-state index in [9.17, 15) is 9.59 Å². The van der Waals surface area contributed by atoms with Crippen molar-refractivity contribution in [3.63, 3.8) is 0 Å². The van der Waals surface area contributed by atoms with Gasteiger partial charge in [-0.15, -0.1) is 0 Å². The van der Waals surface area contributed by atoms with Crippen LogP contribution in [0.3, 0.4) is 0 Å². The molecule has 0 aromatic rings. The molecule has 0 bridgehead atoms. The van der Waals surface area contributed by atoms with E-state index in [4.69, 9.17) is 15.7 Å². The van der Waals surface area contributed by atoms with Crippen molar-refractivity contribution in [3.8, 4) is 0 Å². The summed E-state index contributed by atoms with van der Waals surface area (Å²) in [5.41, 5.74) is 4.64. The third kappa shape index (κ3) is 4.22. The minimum absolute atomic E-state index is 0.111. The Morgan fingerprint density at radius 1 is 1.29 bits per heavy atom. The van der Waals surface area contributed by atoms with Crippen LogP contribution in [0.2, 0.25) is 0 Å². The molecule has 0 saturated carbocycles. The van der Waals surface area contributed by atoms with Crippen LogP contribution in [0.4, 0.5) is 4.79 Å². The molecule has 9 heteroatoms. The highest BCUT2D eigenvalue weighted by molar-refractivity contribution is 6.06. The van der Waals surface area contributed by atoms with Crippen LogP contribution in [0, 0.1) is 5.41 Å². The molecule has 21 heavy (non-hydrogen) atoms. The number of carbonyl (C=O) groups is 2. The molecule has 0 radical (unpaired) electrons. The maximum atomic E-state index is 12.3. The molecule has 1 rings (SSSR count). The second-order valence-electron chi connectivity index (χ2n) is 5.06. The number of urea groups is 1. The average molecular weight is 301 g/mol. The molecule has 0 atom stereocenters. The van der Waals surface area contributed by atoms with Crippen molar-refractivity contribution in [2.45, 2.75) is 12.8 Å². The Morgan fingerprint density at radius 3 is 2.38 bits per heavy atom. The van der Waals surface area contributed by atoms with Crippen molar-refractivity contribution in [3.05, 3.63) is 0 Å². The van der Waals surface area contributed by atoms with Gasteiger partial charge in [0.15, 0.2) is 5.84 Å². The zero-order valence-corrected chi connectivity index (χ0v) is 12.4. The number of amides is 3. The lowest BCUT2D eigenvalue weighted by Gasteiger charge is -2.34. The highest BCUT2D eigenvalue weighted by Crippen LogP contribution is 2.31. The second-order valence-corrected chi connectivity index (χ2v) is 5.06. The van der Waals surface area contributed by atoms with E-state index in [1.165, 1.54) is 4.90 Å². The summed E-state index contributed by atoms with van der Waals surface area (Å²) in [5, 5.41) is 17.2. The van der Waals surface area contributed by atoms with Gasteiger partial charge in [0.2, 0.25) is 5.91 Å². The fourth-order valence-electron chi connectivity index (χ4n) is 2.09. The molecule has 1 aliphatic heterocycles. The van der Waals surface area contributed by atoms with Gasteiger partial charge in [-0.25, -0.2) is 4.79 Å². The average Bonchev–Trinajstić information content (AvgIpc) is 2.50. The Morgan fingerprint density at radius 2 is 1.86 bits per heavy atom. The number of oxime groups is 1. The Kier molecular flexibility index (Phi) is 6.22. The van der Waals surface area contributed by atoms with E-state index in [0.717, 1.165) is 0 Å². The van der Waals surface area contributed by atoms with Gasteiger partial charge in [-0.05, 0) is 12.8 Å². The molecule has 5 N–H and O–H groups in total. The number of nitrogens with one attached hydrogen (secondary N) is 2. The van der Waals surface area contributed by atoms with Gasteiger partial charge in [-0.2, -0.15) is 0 Å². The number of nitrogens with zero attached hydrogens (tertiary/aromatic N) is 2. The molecular formula is C12H23N5O4. The predicted octanol–water partition coefficient (Wildman–Crippen LogP) is -1.08. The standard InChI is InChI=1S/C12H23N5O4/c1-17(2)11(19)15-6-5-14-10(18)12(9(13)16-20)3-7-21-8-4-12/h20H,3-8H2,1-2H3,(H2,13,16)(H,14,18)(H,15,19). The summed E-state index contributed by atoms with van der Waals surface area (Å²) < 4.78 is 5.22. The van der Waals surface area contributed by atoms with Crippen LogP contribution in [0.15, 0.2) is 5.16 Å². The van der Waals surface area contributed by atoms with E-state index in [-0.39, 0.29) is 24.3 Å². The molecule has 0 unspecified atom stereocenters. The molecule has 1 aliphatic rings. The van der Waals surface area contributed by atoms with Gasteiger partial charge in [0, 0.05) is 40.4 Å². The lowest BCUT2D eigenvalue weighted by Crippen LogP contribution is -2.53. The SMILES string of the molecule is CN(C)C(=O)NCCNC(=O)C1(C(N)=NO)CCOCC1. The van der Waals surface area contributed by atoms with E-state index < -0.39 is 5.41 Å². The number of nitrogens with two attached hydrogens (primary N) is 1. The summed E-state index contributed by atoms with van der Waals surface area (Å²) >= 11 is 0. The fraction of sp³-hybridized carbons (Fsp3) is 0.750. The lowest BCUT2D eigenvalue weighted by molar-refractivity contribution is -0.131. The minimum Gasteiger partial charge on any atom is -0.409 e. The molecular weight excluding hydrogens is 278 g/mol.